The highest BCUT2D eigenvalue weighted by molar-refractivity contribution is 7.99. The number of hydrogen-bond acceptors (Lipinski definition) is 2. The Morgan fingerprint density at radius 2 is 1.62 bits per heavy atom. The van der Waals surface area contributed by atoms with Gasteiger partial charge in [-0.1, -0.05) is 0 Å². The maximum Gasteiger partial charge on any atom is 0.143 e. The highest BCUT2D eigenvalue weighted by Crippen LogP contribution is 2.61. The van der Waals surface area contributed by atoms with Crippen molar-refractivity contribution in [1.82, 2.24) is 0 Å². The minimum absolute atomic E-state index is 0.460. The lowest BCUT2D eigenvalue weighted by molar-refractivity contribution is -0.124. The van der Waals surface area contributed by atoms with Gasteiger partial charge < -0.3 is 0 Å². The van der Waals surface area contributed by atoms with Crippen molar-refractivity contribution in [3.05, 3.63) is 0 Å². The largest absolute Gasteiger partial charge is 0.299 e. The van der Waals surface area contributed by atoms with E-state index in [0.29, 0.717) is 11.2 Å². The number of ketones is 1. The fourth-order valence-electron chi connectivity index (χ4n) is 5.14. The number of carbonyl (C=O) groups excluding carboxylic acids is 1. The highest BCUT2D eigenvalue weighted by Gasteiger charge is 2.51. The topological polar surface area (TPSA) is 17.1 Å². The predicted octanol–water partition coefficient (Wildman–Crippen LogP) is 3.53. The molecule has 0 saturated heterocycles. The van der Waals surface area contributed by atoms with E-state index in [0.717, 1.165) is 29.9 Å². The monoisotopic (exact) mass is 238 g/mol. The van der Waals surface area contributed by atoms with E-state index < -0.39 is 0 Å². The molecule has 0 aliphatic heterocycles. The molecule has 0 unspecified atom stereocenters. The van der Waals surface area contributed by atoms with E-state index in [1.54, 1.807) is 11.8 Å². The quantitative estimate of drug-likeness (QED) is 0.745. The molecule has 0 aromatic heterocycles. The fourth-order valence-corrected chi connectivity index (χ4v) is 5.56. The minimum atomic E-state index is 0.460. The number of rotatable bonds is 4. The van der Waals surface area contributed by atoms with Gasteiger partial charge in [0.15, 0.2) is 0 Å². The Labute approximate surface area is 103 Å². The van der Waals surface area contributed by atoms with Crippen LogP contribution in [0.15, 0.2) is 0 Å². The molecule has 4 bridgehead atoms. The van der Waals surface area contributed by atoms with Gasteiger partial charge in [0, 0.05) is 6.42 Å². The summed E-state index contributed by atoms with van der Waals surface area (Å²) in [5.41, 5.74) is 0.460. The van der Waals surface area contributed by atoms with Crippen LogP contribution in [0.5, 0.6) is 0 Å². The van der Waals surface area contributed by atoms with E-state index in [2.05, 4.69) is 0 Å². The summed E-state index contributed by atoms with van der Waals surface area (Å²) < 4.78 is 0. The van der Waals surface area contributed by atoms with E-state index in [1.807, 2.05) is 6.26 Å². The molecule has 0 atom stereocenters. The summed E-state index contributed by atoms with van der Waals surface area (Å²) in [6, 6.07) is 0. The third kappa shape index (κ3) is 1.94. The second-order valence-corrected chi connectivity index (χ2v) is 7.43. The van der Waals surface area contributed by atoms with Gasteiger partial charge in [-0.25, -0.2) is 0 Å². The Bertz CT molecular complexity index is 262. The molecule has 4 fully saturated rings. The second-order valence-electron chi connectivity index (χ2n) is 6.57. The molecule has 2 heteroatoms. The zero-order valence-electron chi connectivity index (χ0n) is 10.2. The van der Waals surface area contributed by atoms with Crippen LogP contribution in [0.1, 0.15) is 44.9 Å². The summed E-state index contributed by atoms with van der Waals surface area (Å²) >= 11 is 1.69. The van der Waals surface area contributed by atoms with Crippen LogP contribution in [0.3, 0.4) is 0 Å². The molecule has 0 heterocycles. The Morgan fingerprint density at radius 3 is 2.06 bits per heavy atom. The van der Waals surface area contributed by atoms with Gasteiger partial charge in [0.25, 0.3) is 0 Å². The van der Waals surface area contributed by atoms with Crippen LogP contribution < -0.4 is 0 Å². The molecule has 90 valence electrons. The van der Waals surface area contributed by atoms with Crippen LogP contribution in [0, 0.1) is 23.2 Å². The second kappa shape index (κ2) is 4.04. The molecular weight excluding hydrogens is 216 g/mol. The van der Waals surface area contributed by atoms with Crippen molar-refractivity contribution < 1.29 is 4.79 Å². The SMILES string of the molecule is CSCC(=O)CC12CC3CC(CC(C3)C1)C2. The fraction of sp³-hybridized carbons (Fsp3) is 0.929. The molecular formula is C14H22OS. The molecule has 0 amide bonds. The maximum absolute atomic E-state index is 11.9. The van der Waals surface area contributed by atoms with Gasteiger partial charge in [0.2, 0.25) is 0 Å². The molecule has 4 rings (SSSR count). The molecule has 0 radical (unpaired) electrons. The third-order valence-electron chi connectivity index (χ3n) is 5.04. The summed E-state index contributed by atoms with van der Waals surface area (Å²) in [6.07, 6.45) is 11.5. The van der Waals surface area contributed by atoms with Crippen LogP contribution in [0.4, 0.5) is 0 Å². The van der Waals surface area contributed by atoms with Gasteiger partial charge in [-0.2, -0.15) is 11.8 Å². The number of thioether (sulfide) groups is 1. The van der Waals surface area contributed by atoms with Crippen molar-refractivity contribution in [2.75, 3.05) is 12.0 Å². The zero-order valence-corrected chi connectivity index (χ0v) is 11.0. The summed E-state index contributed by atoms with van der Waals surface area (Å²) in [5.74, 6) is 4.19. The molecule has 1 nitrogen and oxygen atoms in total. The number of Topliss-reactive ketones (excluding diaryl/α,β-unsaturated/α-hetero) is 1. The van der Waals surface area contributed by atoms with E-state index in [9.17, 15) is 4.79 Å². The third-order valence-corrected chi connectivity index (χ3v) is 5.65. The average molecular weight is 238 g/mol. The maximum atomic E-state index is 11.9. The number of carbonyl (C=O) groups is 1. The minimum Gasteiger partial charge on any atom is -0.299 e. The zero-order chi connectivity index (χ0) is 11.2. The molecule has 0 N–H and O–H groups in total. The van der Waals surface area contributed by atoms with Crippen molar-refractivity contribution in [1.29, 1.82) is 0 Å². The van der Waals surface area contributed by atoms with Crippen LogP contribution >= 0.6 is 11.8 Å². The van der Waals surface area contributed by atoms with Gasteiger partial charge >= 0.3 is 0 Å². The average Bonchev–Trinajstić information content (AvgIpc) is 2.13. The van der Waals surface area contributed by atoms with Crippen LogP contribution in [-0.2, 0) is 4.79 Å². The van der Waals surface area contributed by atoms with Crippen molar-refractivity contribution in [2.45, 2.75) is 44.9 Å². The molecule has 4 aliphatic carbocycles. The van der Waals surface area contributed by atoms with Gasteiger partial charge in [-0.15, -0.1) is 0 Å². The predicted molar refractivity (Wildman–Crippen MR) is 68.6 cm³/mol. The first-order chi connectivity index (χ1) is 7.69. The van der Waals surface area contributed by atoms with E-state index in [-0.39, 0.29) is 0 Å². The molecule has 0 spiro atoms. The lowest BCUT2D eigenvalue weighted by Gasteiger charge is -2.56. The van der Waals surface area contributed by atoms with Crippen molar-refractivity contribution in [3.63, 3.8) is 0 Å². The van der Waals surface area contributed by atoms with Crippen LogP contribution in [0.25, 0.3) is 0 Å². The molecule has 4 saturated carbocycles. The molecule has 0 aromatic carbocycles. The first-order valence-electron chi connectivity index (χ1n) is 6.70. The summed E-state index contributed by atoms with van der Waals surface area (Å²) in [5, 5.41) is 0. The lowest BCUT2D eigenvalue weighted by Crippen LogP contribution is -2.47. The number of hydrogen-bond donors (Lipinski definition) is 0. The van der Waals surface area contributed by atoms with E-state index >= 15 is 0 Å². The first kappa shape index (κ1) is 11.1. The van der Waals surface area contributed by atoms with Gasteiger partial charge in [-0.3, -0.25) is 4.79 Å². The van der Waals surface area contributed by atoms with Gasteiger partial charge in [-0.05, 0) is 67.9 Å². The first-order valence-corrected chi connectivity index (χ1v) is 8.09. The van der Waals surface area contributed by atoms with Crippen LogP contribution in [-0.4, -0.2) is 17.8 Å². The van der Waals surface area contributed by atoms with Crippen molar-refractivity contribution in [3.8, 4) is 0 Å². The van der Waals surface area contributed by atoms with Gasteiger partial charge in [0.1, 0.15) is 5.78 Å². The van der Waals surface area contributed by atoms with E-state index in [4.69, 9.17) is 0 Å². The summed E-state index contributed by atoms with van der Waals surface area (Å²) in [7, 11) is 0. The Hall–Kier alpha value is 0.0200. The van der Waals surface area contributed by atoms with E-state index in [1.165, 1.54) is 38.5 Å². The molecule has 0 aromatic rings. The Balaban J connectivity index is 1.71. The van der Waals surface area contributed by atoms with Gasteiger partial charge in [0.05, 0.1) is 5.75 Å². The molecule has 4 aliphatic rings. The Morgan fingerprint density at radius 1 is 1.12 bits per heavy atom. The van der Waals surface area contributed by atoms with Crippen molar-refractivity contribution in [2.24, 2.45) is 23.2 Å². The lowest BCUT2D eigenvalue weighted by atomic mass is 9.48. The van der Waals surface area contributed by atoms with Crippen molar-refractivity contribution >= 4 is 17.5 Å². The summed E-state index contributed by atoms with van der Waals surface area (Å²) in [4.78, 5) is 11.9. The summed E-state index contributed by atoms with van der Waals surface area (Å²) in [6.45, 7) is 0. The van der Waals surface area contributed by atoms with Crippen LogP contribution in [0.2, 0.25) is 0 Å². The Kier molecular flexibility index (Phi) is 2.81. The highest BCUT2D eigenvalue weighted by atomic mass is 32.2. The molecule has 16 heavy (non-hydrogen) atoms. The standard InChI is InChI=1S/C14H22OS/c1-16-9-13(15)8-14-5-10-2-11(6-14)4-12(3-10)7-14/h10-12H,2-9H2,1H3. The normalized spacial score (nSPS) is 44.9. The smallest absolute Gasteiger partial charge is 0.143 e.